The number of rotatable bonds is 4. The summed E-state index contributed by atoms with van der Waals surface area (Å²) in [5.41, 5.74) is 4.38. The van der Waals surface area contributed by atoms with Gasteiger partial charge in [-0.25, -0.2) is 4.68 Å². The van der Waals surface area contributed by atoms with Crippen molar-refractivity contribution >= 4 is 11.7 Å². The first kappa shape index (κ1) is 14.3. The maximum absolute atomic E-state index is 12.2. The van der Waals surface area contributed by atoms with E-state index >= 15 is 0 Å². The fourth-order valence-corrected chi connectivity index (χ4v) is 2.22. The van der Waals surface area contributed by atoms with Crippen molar-refractivity contribution in [1.29, 1.82) is 0 Å². The van der Waals surface area contributed by atoms with E-state index in [1.54, 1.807) is 10.9 Å². The van der Waals surface area contributed by atoms with E-state index in [1.165, 1.54) is 5.56 Å². The van der Waals surface area contributed by atoms with Crippen LogP contribution in [-0.4, -0.2) is 15.7 Å². The Labute approximate surface area is 119 Å². The maximum atomic E-state index is 12.2. The normalized spacial score (nSPS) is 10.6. The van der Waals surface area contributed by atoms with Crippen molar-refractivity contribution < 1.29 is 4.79 Å². The van der Waals surface area contributed by atoms with Crippen molar-refractivity contribution in [2.45, 2.75) is 40.7 Å². The molecular weight excluding hydrogens is 250 g/mol. The van der Waals surface area contributed by atoms with Crippen LogP contribution in [-0.2, 0) is 17.8 Å². The summed E-state index contributed by atoms with van der Waals surface area (Å²) in [4.78, 5) is 12.2. The molecule has 0 aliphatic heterocycles. The summed E-state index contributed by atoms with van der Waals surface area (Å²) in [5.74, 6) is 0.791. The Morgan fingerprint density at radius 2 is 2.00 bits per heavy atom. The molecule has 0 radical (unpaired) electrons. The molecule has 0 saturated carbocycles. The Morgan fingerprint density at radius 1 is 1.25 bits per heavy atom. The standard InChI is InChI=1S/C16H21N3O/c1-5-19-16(13(4)10-17-19)18-15(20)9-14-8-11(2)6-7-12(14)3/h6-8,10H,5,9H2,1-4H3,(H,18,20). The minimum atomic E-state index is -0.00278. The van der Waals surface area contributed by atoms with Crippen LogP contribution in [0.4, 0.5) is 5.82 Å². The number of aromatic nitrogens is 2. The molecular formula is C16H21N3O. The fraction of sp³-hybridized carbons (Fsp3) is 0.375. The molecule has 2 aromatic rings. The Morgan fingerprint density at radius 3 is 2.70 bits per heavy atom. The van der Waals surface area contributed by atoms with E-state index in [1.807, 2.05) is 27.7 Å². The van der Waals surface area contributed by atoms with Gasteiger partial charge in [-0.05, 0) is 38.8 Å². The van der Waals surface area contributed by atoms with Crippen LogP contribution in [0.1, 0.15) is 29.2 Å². The van der Waals surface area contributed by atoms with Crippen LogP contribution >= 0.6 is 0 Å². The third-order valence-corrected chi connectivity index (χ3v) is 3.44. The molecule has 0 unspecified atom stereocenters. The molecule has 1 aromatic heterocycles. The molecule has 0 aliphatic rings. The van der Waals surface area contributed by atoms with Crippen LogP contribution in [0.5, 0.6) is 0 Å². The van der Waals surface area contributed by atoms with E-state index < -0.39 is 0 Å². The van der Waals surface area contributed by atoms with Crippen molar-refractivity contribution in [2.75, 3.05) is 5.32 Å². The lowest BCUT2D eigenvalue weighted by Gasteiger charge is -2.10. The highest BCUT2D eigenvalue weighted by molar-refractivity contribution is 5.92. The molecule has 1 N–H and O–H groups in total. The molecule has 20 heavy (non-hydrogen) atoms. The van der Waals surface area contributed by atoms with E-state index in [-0.39, 0.29) is 5.91 Å². The van der Waals surface area contributed by atoms with Crippen molar-refractivity contribution in [1.82, 2.24) is 9.78 Å². The van der Waals surface area contributed by atoms with Crippen LogP contribution < -0.4 is 5.32 Å². The molecule has 2 rings (SSSR count). The molecule has 1 aromatic carbocycles. The number of benzene rings is 1. The van der Waals surface area contributed by atoms with Crippen molar-refractivity contribution in [3.8, 4) is 0 Å². The van der Waals surface area contributed by atoms with E-state index in [2.05, 4.69) is 28.6 Å². The highest BCUT2D eigenvalue weighted by Crippen LogP contribution is 2.16. The average Bonchev–Trinajstić information content (AvgIpc) is 2.75. The van der Waals surface area contributed by atoms with Gasteiger partial charge in [0.05, 0.1) is 12.6 Å². The number of anilines is 1. The Hall–Kier alpha value is -2.10. The molecule has 4 nitrogen and oxygen atoms in total. The number of carbonyl (C=O) groups is 1. The second kappa shape index (κ2) is 5.90. The zero-order valence-corrected chi connectivity index (χ0v) is 12.5. The topological polar surface area (TPSA) is 46.9 Å². The van der Waals surface area contributed by atoms with Gasteiger partial charge in [0.25, 0.3) is 0 Å². The van der Waals surface area contributed by atoms with Gasteiger partial charge in [0.2, 0.25) is 5.91 Å². The number of aryl methyl sites for hydroxylation is 4. The van der Waals surface area contributed by atoms with Gasteiger partial charge in [0, 0.05) is 12.1 Å². The van der Waals surface area contributed by atoms with Crippen LogP contribution in [0, 0.1) is 20.8 Å². The van der Waals surface area contributed by atoms with Gasteiger partial charge in [0.15, 0.2) is 0 Å². The largest absolute Gasteiger partial charge is 0.310 e. The predicted octanol–water partition coefficient (Wildman–Crippen LogP) is 3.01. The minimum Gasteiger partial charge on any atom is -0.310 e. The summed E-state index contributed by atoms with van der Waals surface area (Å²) in [6.45, 7) is 8.77. The fourth-order valence-electron chi connectivity index (χ4n) is 2.22. The van der Waals surface area contributed by atoms with Gasteiger partial charge in [-0.15, -0.1) is 0 Å². The second-order valence-corrected chi connectivity index (χ2v) is 5.15. The molecule has 1 amide bonds. The first-order chi connectivity index (χ1) is 9.51. The number of nitrogens with one attached hydrogen (secondary N) is 1. The molecule has 1 heterocycles. The van der Waals surface area contributed by atoms with Gasteiger partial charge in [-0.1, -0.05) is 23.8 Å². The molecule has 0 saturated heterocycles. The number of hydrogen-bond donors (Lipinski definition) is 1. The molecule has 0 spiro atoms. The first-order valence-corrected chi connectivity index (χ1v) is 6.89. The zero-order chi connectivity index (χ0) is 14.7. The molecule has 0 atom stereocenters. The van der Waals surface area contributed by atoms with E-state index in [4.69, 9.17) is 0 Å². The molecule has 0 aliphatic carbocycles. The third-order valence-electron chi connectivity index (χ3n) is 3.44. The van der Waals surface area contributed by atoms with Crippen molar-refractivity contribution in [3.05, 3.63) is 46.6 Å². The van der Waals surface area contributed by atoms with Crippen molar-refractivity contribution in [2.24, 2.45) is 0 Å². The van der Waals surface area contributed by atoms with Crippen LogP contribution in [0.25, 0.3) is 0 Å². The molecule has 0 fully saturated rings. The summed E-state index contributed by atoms with van der Waals surface area (Å²) < 4.78 is 1.80. The molecule has 4 heteroatoms. The van der Waals surface area contributed by atoms with E-state index in [0.29, 0.717) is 6.42 Å². The van der Waals surface area contributed by atoms with Crippen LogP contribution in [0.2, 0.25) is 0 Å². The smallest absolute Gasteiger partial charge is 0.229 e. The van der Waals surface area contributed by atoms with E-state index in [9.17, 15) is 4.79 Å². The summed E-state index contributed by atoms with van der Waals surface area (Å²) in [6.07, 6.45) is 2.17. The lowest BCUT2D eigenvalue weighted by atomic mass is 10.0. The summed E-state index contributed by atoms with van der Waals surface area (Å²) in [7, 11) is 0. The minimum absolute atomic E-state index is 0.00278. The summed E-state index contributed by atoms with van der Waals surface area (Å²) in [5, 5.41) is 7.19. The number of carbonyl (C=O) groups excluding carboxylic acids is 1. The Balaban J connectivity index is 2.13. The highest BCUT2D eigenvalue weighted by atomic mass is 16.1. The van der Waals surface area contributed by atoms with Crippen molar-refractivity contribution in [3.63, 3.8) is 0 Å². The Bertz CT molecular complexity index is 629. The summed E-state index contributed by atoms with van der Waals surface area (Å²) in [6, 6.07) is 6.19. The third kappa shape index (κ3) is 3.07. The lowest BCUT2D eigenvalue weighted by Crippen LogP contribution is -2.18. The number of hydrogen-bond acceptors (Lipinski definition) is 2. The second-order valence-electron chi connectivity index (χ2n) is 5.15. The lowest BCUT2D eigenvalue weighted by molar-refractivity contribution is -0.115. The quantitative estimate of drug-likeness (QED) is 0.929. The first-order valence-electron chi connectivity index (χ1n) is 6.89. The van der Waals surface area contributed by atoms with E-state index in [0.717, 1.165) is 29.1 Å². The zero-order valence-electron chi connectivity index (χ0n) is 12.5. The van der Waals surface area contributed by atoms with Crippen LogP contribution in [0.15, 0.2) is 24.4 Å². The van der Waals surface area contributed by atoms with Gasteiger partial charge < -0.3 is 5.32 Å². The van der Waals surface area contributed by atoms with Crippen LogP contribution in [0.3, 0.4) is 0 Å². The highest BCUT2D eigenvalue weighted by Gasteiger charge is 2.11. The number of nitrogens with zero attached hydrogens (tertiary/aromatic N) is 2. The molecule has 0 bridgehead atoms. The number of amides is 1. The monoisotopic (exact) mass is 271 g/mol. The SMILES string of the molecule is CCn1ncc(C)c1NC(=O)Cc1cc(C)ccc1C. The van der Waals surface area contributed by atoms with Gasteiger partial charge in [-0.2, -0.15) is 5.10 Å². The maximum Gasteiger partial charge on any atom is 0.229 e. The average molecular weight is 271 g/mol. The van der Waals surface area contributed by atoms with Gasteiger partial charge in [-0.3, -0.25) is 4.79 Å². The predicted molar refractivity (Wildman–Crippen MR) is 80.9 cm³/mol. The Kier molecular flexibility index (Phi) is 4.23. The van der Waals surface area contributed by atoms with Gasteiger partial charge in [0.1, 0.15) is 5.82 Å². The van der Waals surface area contributed by atoms with Gasteiger partial charge >= 0.3 is 0 Å². The molecule has 106 valence electrons. The summed E-state index contributed by atoms with van der Waals surface area (Å²) >= 11 is 0.